The number of fused-ring (bicyclic) bond motifs is 2. The standard InChI is InChI=1S/C20H21NO5/c1-3-23-18-9-13-8-12(2)25-17(13)10-14(18)21-20(22)19-11-24-15-6-4-5-7-16(15)26-19/h4-7,9-10,12,19H,3,8,11H2,1-2H3,(H,21,22). The summed E-state index contributed by atoms with van der Waals surface area (Å²) in [4.78, 5) is 12.7. The molecule has 2 unspecified atom stereocenters. The predicted octanol–water partition coefficient (Wildman–Crippen LogP) is 3.19. The Morgan fingerprint density at radius 3 is 2.81 bits per heavy atom. The smallest absolute Gasteiger partial charge is 0.269 e. The molecule has 0 radical (unpaired) electrons. The van der Waals surface area contributed by atoms with E-state index in [1.54, 1.807) is 6.07 Å². The molecule has 2 aliphatic rings. The van der Waals surface area contributed by atoms with Gasteiger partial charge in [-0.25, -0.2) is 0 Å². The lowest BCUT2D eigenvalue weighted by Gasteiger charge is -2.26. The lowest BCUT2D eigenvalue weighted by Crippen LogP contribution is -2.40. The van der Waals surface area contributed by atoms with Gasteiger partial charge in [-0.3, -0.25) is 4.79 Å². The molecule has 0 saturated carbocycles. The minimum Gasteiger partial charge on any atom is -0.492 e. The Hall–Kier alpha value is -2.89. The molecule has 0 aliphatic carbocycles. The first kappa shape index (κ1) is 16.6. The second-order valence-corrected chi connectivity index (χ2v) is 6.38. The van der Waals surface area contributed by atoms with E-state index in [1.807, 2.05) is 44.2 Å². The van der Waals surface area contributed by atoms with Crippen molar-refractivity contribution in [2.75, 3.05) is 18.5 Å². The van der Waals surface area contributed by atoms with Crippen LogP contribution < -0.4 is 24.3 Å². The highest BCUT2D eigenvalue weighted by atomic mass is 16.6. The van der Waals surface area contributed by atoms with Crippen LogP contribution in [-0.4, -0.2) is 31.3 Å². The maximum absolute atomic E-state index is 12.7. The molecule has 2 aliphatic heterocycles. The van der Waals surface area contributed by atoms with Gasteiger partial charge in [-0.15, -0.1) is 0 Å². The average Bonchev–Trinajstić information content (AvgIpc) is 3.00. The molecule has 2 aromatic rings. The highest BCUT2D eigenvalue weighted by molar-refractivity contribution is 5.96. The number of rotatable bonds is 4. The molecular formula is C20H21NO5. The molecule has 0 spiro atoms. The van der Waals surface area contributed by atoms with Crippen molar-refractivity contribution in [2.45, 2.75) is 32.5 Å². The van der Waals surface area contributed by atoms with Gasteiger partial charge in [0.05, 0.1) is 12.3 Å². The van der Waals surface area contributed by atoms with Crippen molar-refractivity contribution in [3.63, 3.8) is 0 Å². The second kappa shape index (κ2) is 6.78. The van der Waals surface area contributed by atoms with Crippen molar-refractivity contribution in [1.29, 1.82) is 0 Å². The summed E-state index contributed by atoms with van der Waals surface area (Å²) in [7, 11) is 0. The van der Waals surface area contributed by atoms with Crippen molar-refractivity contribution >= 4 is 11.6 Å². The van der Waals surface area contributed by atoms with E-state index in [-0.39, 0.29) is 18.6 Å². The molecule has 0 aromatic heterocycles. The molecule has 6 heteroatoms. The highest BCUT2D eigenvalue weighted by Gasteiger charge is 2.29. The summed E-state index contributed by atoms with van der Waals surface area (Å²) < 4.78 is 22.9. The molecule has 1 N–H and O–H groups in total. The molecular weight excluding hydrogens is 334 g/mol. The summed E-state index contributed by atoms with van der Waals surface area (Å²) in [5.41, 5.74) is 1.66. The van der Waals surface area contributed by atoms with E-state index < -0.39 is 6.10 Å². The van der Waals surface area contributed by atoms with Crippen LogP contribution in [0.3, 0.4) is 0 Å². The van der Waals surface area contributed by atoms with Gasteiger partial charge in [-0.2, -0.15) is 0 Å². The number of anilines is 1. The third kappa shape index (κ3) is 3.14. The molecule has 0 bridgehead atoms. The number of nitrogens with one attached hydrogen (secondary N) is 1. The summed E-state index contributed by atoms with van der Waals surface area (Å²) in [5, 5.41) is 2.89. The summed E-state index contributed by atoms with van der Waals surface area (Å²) in [6, 6.07) is 11.1. The van der Waals surface area contributed by atoms with E-state index in [2.05, 4.69) is 5.32 Å². The Labute approximate surface area is 152 Å². The van der Waals surface area contributed by atoms with Crippen LogP contribution in [0.1, 0.15) is 19.4 Å². The minimum absolute atomic E-state index is 0.122. The summed E-state index contributed by atoms with van der Waals surface area (Å²) in [6.07, 6.45) is 0.226. The maximum Gasteiger partial charge on any atom is 0.269 e. The third-order valence-electron chi connectivity index (χ3n) is 4.36. The van der Waals surface area contributed by atoms with Gasteiger partial charge in [-0.05, 0) is 32.0 Å². The highest BCUT2D eigenvalue weighted by Crippen LogP contribution is 2.38. The van der Waals surface area contributed by atoms with Crippen molar-refractivity contribution in [3.8, 4) is 23.0 Å². The fraction of sp³-hybridized carbons (Fsp3) is 0.350. The van der Waals surface area contributed by atoms with Crippen molar-refractivity contribution < 1.29 is 23.7 Å². The molecule has 2 aromatic carbocycles. The number of amides is 1. The van der Waals surface area contributed by atoms with Gasteiger partial charge in [0.25, 0.3) is 5.91 Å². The van der Waals surface area contributed by atoms with Crippen LogP contribution in [0.2, 0.25) is 0 Å². The van der Waals surface area contributed by atoms with E-state index in [4.69, 9.17) is 18.9 Å². The van der Waals surface area contributed by atoms with Gasteiger partial charge < -0.3 is 24.3 Å². The maximum atomic E-state index is 12.7. The number of hydrogen-bond acceptors (Lipinski definition) is 5. The molecule has 0 fully saturated rings. The number of hydrogen-bond donors (Lipinski definition) is 1. The van der Waals surface area contributed by atoms with Crippen LogP contribution in [0, 0.1) is 0 Å². The van der Waals surface area contributed by atoms with Crippen LogP contribution in [0.5, 0.6) is 23.0 Å². The van der Waals surface area contributed by atoms with Crippen molar-refractivity contribution in [3.05, 3.63) is 42.0 Å². The zero-order valence-electron chi connectivity index (χ0n) is 14.8. The van der Waals surface area contributed by atoms with Gasteiger partial charge in [0.1, 0.15) is 24.2 Å². The van der Waals surface area contributed by atoms with Crippen LogP contribution in [0.4, 0.5) is 5.69 Å². The van der Waals surface area contributed by atoms with Gasteiger partial charge >= 0.3 is 0 Å². The molecule has 2 atom stereocenters. The largest absolute Gasteiger partial charge is 0.492 e. The zero-order valence-corrected chi connectivity index (χ0v) is 14.8. The van der Waals surface area contributed by atoms with E-state index in [0.717, 1.165) is 17.7 Å². The van der Waals surface area contributed by atoms with Crippen molar-refractivity contribution in [1.82, 2.24) is 0 Å². The number of carbonyl (C=O) groups excluding carboxylic acids is 1. The molecule has 136 valence electrons. The Bertz CT molecular complexity index is 835. The first-order chi connectivity index (χ1) is 12.6. The van der Waals surface area contributed by atoms with E-state index >= 15 is 0 Å². The van der Waals surface area contributed by atoms with E-state index in [9.17, 15) is 4.79 Å². The molecule has 1 amide bonds. The first-order valence-electron chi connectivity index (χ1n) is 8.79. The average molecular weight is 355 g/mol. The monoisotopic (exact) mass is 355 g/mol. The SMILES string of the molecule is CCOc1cc2c(cc1NC(=O)C1COc3ccccc3O1)OC(C)C2. The van der Waals surface area contributed by atoms with E-state index in [1.165, 1.54) is 0 Å². The lowest BCUT2D eigenvalue weighted by molar-refractivity contribution is -0.125. The van der Waals surface area contributed by atoms with Crippen LogP contribution in [0.25, 0.3) is 0 Å². The van der Waals surface area contributed by atoms with Crippen LogP contribution in [-0.2, 0) is 11.2 Å². The molecule has 6 nitrogen and oxygen atoms in total. The quantitative estimate of drug-likeness (QED) is 0.912. The fourth-order valence-electron chi connectivity index (χ4n) is 3.17. The van der Waals surface area contributed by atoms with Crippen LogP contribution >= 0.6 is 0 Å². The number of carbonyl (C=O) groups is 1. The predicted molar refractivity (Wildman–Crippen MR) is 96.4 cm³/mol. The van der Waals surface area contributed by atoms with Gasteiger partial charge in [0, 0.05) is 18.1 Å². The fourth-order valence-corrected chi connectivity index (χ4v) is 3.17. The molecule has 4 rings (SSSR count). The molecule has 0 saturated heterocycles. The van der Waals surface area contributed by atoms with Gasteiger partial charge in [-0.1, -0.05) is 12.1 Å². The molecule has 2 heterocycles. The van der Waals surface area contributed by atoms with Crippen molar-refractivity contribution in [2.24, 2.45) is 0 Å². The Morgan fingerprint density at radius 2 is 2.00 bits per heavy atom. The number of ether oxygens (including phenoxy) is 4. The third-order valence-corrected chi connectivity index (χ3v) is 4.36. The van der Waals surface area contributed by atoms with Gasteiger partial charge in [0.15, 0.2) is 11.5 Å². The summed E-state index contributed by atoms with van der Waals surface area (Å²) in [6.45, 7) is 4.59. The normalized spacial score (nSPS) is 20.1. The Balaban J connectivity index is 1.53. The van der Waals surface area contributed by atoms with E-state index in [0.29, 0.717) is 29.5 Å². The second-order valence-electron chi connectivity index (χ2n) is 6.38. The first-order valence-corrected chi connectivity index (χ1v) is 8.79. The summed E-state index contributed by atoms with van der Waals surface area (Å²) in [5.74, 6) is 2.34. The number of para-hydroxylation sites is 2. The topological polar surface area (TPSA) is 66.0 Å². The molecule has 26 heavy (non-hydrogen) atoms. The summed E-state index contributed by atoms with van der Waals surface area (Å²) >= 11 is 0. The van der Waals surface area contributed by atoms with Crippen LogP contribution in [0.15, 0.2) is 36.4 Å². The minimum atomic E-state index is -0.729. The van der Waals surface area contributed by atoms with Gasteiger partial charge in [0.2, 0.25) is 6.10 Å². The number of benzene rings is 2. The zero-order chi connectivity index (χ0) is 18.1. The lowest BCUT2D eigenvalue weighted by atomic mass is 10.1. The Morgan fingerprint density at radius 1 is 1.19 bits per heavy atom. The Kier molecular flexibility index (Phi) is 4.32.